The lowest BCUT2D eigenvalue weighted by Gasteiger charge is -2.05. The summed E-state index contributed by atoms with van der Waals surface area (Å²) < 4.78 is 24.9. The van der Waals surface area contributed by atoms with Gasteiger partial charge in [-0.2, -0.15) is 0 Å². The average molecular weight is 206 g/mol. The zero-order chi connectivity index (χ0) is 9.73. The van der Waals surface area contributed by atoms with Crippen LogP contribution in [-0.4, -0.2) is 33.3 Å². The molecule has 0 aliphatic heterocycles. The first kappa shape index (κ1) is 10.9. The summed E-state index contributed by atoms with van der Waals surface area (Å²) in [5, 5.41) is 3.24. The molecule has 0 spiro atoms. The second-order valence-corrected chi connectivity index (χ2v) is 5.37. The zero-order valence-corrected chi connectivity index (χ0v) is 8.86. The monoisotopic (exact) mass is 206 g/mol. The summed E-state index contributed by atoms with van der Waals surface area (Å²) in [5.74, 6) is 0.233. The smallest absolute Gasteiger partial charge is 0.211 e. The maximum atomic E-state index is 11.2. The largest absolute Gasteiger partial charge is 0.313 e. The zero-order valence-electron chi connectivity index (χ0n) is 8.04. The van der Waals surface area contributed by atoms with Crippen LogP contribution in [0.15, 0.2) is 0 Å². The lowest BCUT2D eigenvalue weighted by molar-refractivity contribution is 0.574. The molecule has 0 aromatic carbocycles. The van der Waals surface area contributed by atoms with E-state index >= 15 is 0 Å². The fraction of sp³-hybridized carbons (Fsp3) is 1.00. The highest BCUT2D eigenvalue weighted by molar-refractivity contribution is 7.89. The fourth-order valence-corrected chi connectivity index (χ4v) is 2.21. The molecule has 1 aliphatic carbocycles. The van der Waals surface area contributed by atoms with Gasteiger partial charge in [0.15, 0.2) is 0 Å². The molecule has 5 heteroatoms. The van der Waals surface area contributed by atoms with Crippen molar-refractivity contribution in [1.82, 2.24) is 10.0 Å². The van der Waals surface area contributed by atoms with Crippen molar-refractivity contribution in [2.75, 3.05) is 18.8 Å². The van der Waals surface area contributed by atoms with Gasteiger partial charge in [0.05, 0.1) is 5.75 Å². The second-order valence-electron chi connectivity index (χ2n) is 3.44. The molecule has 1 saturated carbocycles. The molecular weight excluding hydrogens is 188 g/mol. The Morgan fingerprint density at radius 1 is 1.31 bits per heavy atom. The lowest BCUT2D eigenvalue weighted by atomic mass is 10.6. The van der Waals surface area contributed by atoms with E-state index in [4.69, 9.17) is 0 Å². The molecule has 4 nitrogen and oxygen atoms in total. The molecule has 13 heavy (non-hydrogen) atoms. The SMILES string of the molecule is CCCS(=O)(=O)NCCNC1CC1. The van der Waals surface area contributed by atoms with Crippen molar-refractivity contribution < 1.29 is 8.42 Å². The van der Waals surface area contributed by atoms with Crippen LogP contribution in [0.25, 0.3) is 0 Å². The molecule has 0 amide bonds. The van der Waals surface area contributed by atoms with Gasteiger partial charge in [-0.1, -0.05) is 6.92 Å². The standard InChI is InChI=1S/C8H18N2O2S/c1-2-7-13(11,12)10-6-5-9-8-3-4-8/h8-10H,2-7H2,1H3. The molecule has 0 bridgehead atoms. The number of hydrogen-bond donors (Lipinski definition) is 2. The molecular formula is C8H18N2O2S. The Morgan fingerprint density at radius 3 is 2.54 bits per heavy atom. The van der Waals surface area contributed by atoms with E-state index in [1.54, 1.807) is 0 Å². The minimum Gasteiger partial charge on any atom is -0.313 e. The first-order valence-electron chi connectivity index (χ1n) is 4.85. The highest BCUT2D eigenvalue weighted by atomic mass is 32.2. The Bertz CT molecular complexity index is 235. The number of hydrogen-bond acceptors (Lipinski definition) is 3. The Kier molecular flexibility index (Phi) is 4.15. The molecule has 0 radical (unpaired) electrons. The molecule has 0 unspecified atom stereocenters. The summed E-state index contributed by atoms with van der Waals surface area (Å²) in [4.78, 5) is 0. The number of rotatable bonds is 7. The summed E-state index contributed by atoms with van der Waals surface area (Å²) in [6, 6.07) is 0.649. The maximum Gasteiger partial charge on any atom is 0.211 e. The van der Waals surface area contributed by atoms with Crippen molar-refractivity contribution in [3.05, 3.63) is 0 Å². The summed E-state index contributed by atoms with van der Waals surface area (Å²) in [5.41, 5.74) is 0. The van der Waals surface area contributed by atoms with Crippen LogP contribution in [0, 0.1) is 0 Å². The van der Waals surface area contributed by atoms with E-state index in [0.717, 1.165) is 6.54 Å². The summed E-state index contributed by atoms with van der Waals surface area (Å²) in [6.07, 6.45) is 3.15. The third-order valence-corrected chi connectivity index (χ3v) is 3.52. The van der Waals surface area contributed by atoms with Crippen LogP contribution in [0.5, 0.6) is 0 Å². The summed E-state index contributed by atoms with van der Waals surface area (Å²) in [6.45, 7) is 3.12. The lowest BCUT2D eigenvalue weighted by Crippen LogP contribution is -2.33. The van der Waals surface area contributed by atoms with E-state index in [9.17, 15) is 8.42 Å². The van der Waals surface area contributed by atoms with E-state index in [1.807, 2.05) is 6.92 Å². The quantitative estimate of drug-likeness (QED) is 0.579. The van der Waals surface area contributed by atoms with Gasteiger partial charge in [0.1, 0.15) is 0 Å². The van der Waals surface area contributed by atoms with Crippen molar-refractivity contribution in [2.24, 2.45) is 0 Å². The molecule has 1 fully saturated rings. The summed E-state index contributed by atoms with van der Waals surface area (Å²) in [7, 11) is -3.00. The van der Waals surface area contributed by atoms with Gasteiger partial charge in [0.25, 0.3) is 0 Å². The van der Waals surface area contributed by atoms with Crippen LogP contribution < -0.4 is 10.0 Å². The average Bonchev–Trinajstić information content (AvgIpc) is 2.81. The Hall–Kier alpha value is -0.130. The van der Waals surface area contributed by atoms with Gasteiger partial charge in [0, 0.05) is 19.1 Å². The van der Waals surface area contributed by atoms with Gasteiger partial charge in [-0.3, -0.25) is 0 Å². The highest BCUT2D eigenvalue weighted by Gasteiger charge is 2.19. The van der Waals surface area contributed by atoms with E-state index in [2.05, 4.69) is 10.0 Å². The maximum absolute atomic E-state index is 11.2. The van der Waals surface area contributed by atoms with Crippen LogP contribution >= 0.6 is 0 Å². The third kappa shape index (κ3) is 5.23. The van der Waals surface area contributed by atoms with Gasteiger partial charge >= 0.3 is 0 Å². The van der Waals surface area contributed by atoms with Gasteiger partial charge in [-0.05, 0) is 19.3 Å². The van der Waals surface area contributed by atoms with E-state index in [1.165, 1.54) is 12.8 Å². The Labute approximate surface area is 80.1 Å². The normalized spacial score (nSPS) is 17.6. The predicted molar refractivity (Wildman–Crippen MR) is 53.1 cm³/mol. The molecule has 0 atom stereocenters. The van der Waals surface area contributed by atoms with Gasteiger partial charge in [-0.15, -0.1) is 0 Å². The molecule has 2 N–H and O–H groups in total. The molecule has 0 aromatic rings. The van der Waals surface area contributed by atoms with E-state index < -0.39 is 10.0 Å². The van der Waals surface area contributed by atoms with Gasteiger partial charge < -0.3 is 5.32 Å². The Balaban J connectivity index is 2.02. The summed E-state index contributed by atoms with van der Waals surface area (Å²) >= 11 is 0. The first-order chi connectivity index (χ1) is 6.14. The second kappa shape index (κ2) is 4.93. The molecule has 0 heterocycles. The highest BCUT2D eigenvalue weighted by Crippen LogP contribution is 2.17. The van der Waals surface area contributed by atoms with Crippen molar-refractivity contribution in [2.45, 2.75) is 32.2 Å². The first-order valence-corrected chi connectivity index (χ1v) is 6.50. The third-order valence-electron chi connectivity index (χ3n) is 1.93. The van der Waals surface area contributed by atoms with Crippen LogP contribution in [0.1, 0.15) is 26.2 Å². The molecule has 0 saturated heterocycles. The van der Waals surface area contributed by atoms with Crippen molar-refractivity contribution >= 4 is 10.0 Å². The topological polar surface area (TPSA) is 58.2 Å². The molecule has 1 rings (SSSR count). The van der Waals surface area contributed by atoms with Crippen molar-refractivity contribution in [3.63, 3.8) is 0 Å². The van der Waals surface area contributed by atoms with Crippen LogP contribution in [-0.2, 0) is 10.0 Å². The molecule has 0 aromatic heterocycles. The minimum atomic E-state index is -3.00. The van der Waals surface area contributed by atoms with Crippen molar-refractivity contribution in [3.8, 4) is 0 Å². The fourth-order valence-electron chi connectivity index (χ4n) is 1.11. The van der Waals surface area contributed by atoms with Crippen LogP contribution in [0.3, 0.4) is 0 Å². The minimum absolute atomic E-state index is 0.233. The van der Waals surface area contributed by atoms with Gasteiger partial charge in [-0.25, -0.2) is 13.1 Å². The molecule has 1 aliphatic rings. The number of nitrogens with one attached hydrogen (secondary N) is 2. The van der Waals surface area contributed by atoms with Crippen molar-refractivity contribution in [1.29, 1.82) is 0 Å². The predicted octanol–water partition coefficient (Wildman–Crippen LogP) is 0.0678. The van der Waals surface area contributed by atoms with Crippen LogP contribution in [0.4, 0.5) is 0 Å². The van der Waals surface area contributed by atoms with Crippen LogP contribution in [0.2, 0.25) is 0 Å². The van der Waals surface area contributed by atoms with Gasteiger partial charge in [0.2, 0.25) is 10.0 Å². The van der Waals surface area contributed by atoms with E-state index in [-0.39, 0.29) is 5.75 Å². The molecule has 78 valence electrons. The Morgan fingerprint density at radius 2 is 2.00 bits per heavy atom. The number of sulfonamides is 1. The van der Waals surface area contributed by atoms with E-state index in [0.29, 0.717) is 19.0 Å².